The predicted molar refractivity (Wildman–Crippen MR) is 182 cm³/mol. The number of rotatable bonds is 15. The lowest BCUT2D eigenvalue weighted by molar-refractivity contribution is -0.140. The van der Waals surface area contributed by atoms with Crippen LogP contribution < -0.4 is 14.4 Å². The lowest BCUT2D eigenvalue weighted by Gasteiger charge is -2.34. The van der Waals surface area contributed by atoms with Gasteiger partial charge in [0.25, 0.3) is 10.0 Å². The van der Waals surface area contributed by atoms with Crippen LogP contribution in [0.4, 0.5) is 10.1 Å². The van der Waals surface area contributed by atoms with Gasteiger partial charge in [0.05, 0.1) is 17.2 Å². The van der Waals surface area contributed by atoms with E-state index in [1.165, 1.54) is 23.1 Å². The average molecular weight is 660 g/mol. The van der Waals surface area contributed by atoms with Crippen molar-refractivity contribution in [3.63, 3.8) is 0 Å². The molecule has 47 heavy (non-hydrogen) atoms. The van der Waals surface area contributed by atoms with Crippen LogP contribution in [0.5, 0.6) is 5.75 Å². The number of halogens is 1. The summed E-state index contributed by atoms with van der Waals surface area (Å²) in [4.78, 5) is 29.7. The van der Waals surface area contributed by atoms with Gasteiger partial charge in [-0.3, -0.25) is 13.9 Å². The van der Waals surface area contributed by atoms with E-state index in [1.807, 2.05) is 51.1 Å². The molecule has 2 amide bonds. The number of hydrogen-bond acceptors (Lipinski definition) is 5. The fourth-order valence-corrected chi connectivity index (χ4v) is 6.50. The number of hydrogen-bond donors (Lipinski definition) is 1. The van der Waals surface area contributed by atoms with E-state index in [9.17, 15) is 18.0 Å². The second kappa shape index (κ2) is 16.2. The van der Waals surface area contributed by atoms with E-state index >= 15 is 4.39 Å². The number of benzene rings is 4. The number of anilines is 1. The molecule has 1 atom stereocenters. The Balaban J connectivity index is 1.84. The molecular weight excluding hydrogens is 617 g/mol. The minimum Gasteiger partial charge on any atom is -0.492 e. The third-order valence-corrected chi connectivity index (χ3v) is 9.35. The number of nitrogens with one attached hydrogen (secondary N) is 1. The number of nitrogens with zero attached hydrogens (tertiary/aromatic N) is 2. The van der Waals surface area contributed by atoms with E-state index in [0.29, 0.717) is 6.54 Å². The van der Waals surface area contributed by atoms with Gasteiger partial charge in [-0.15, -0.1) is 0 Å². The molecule has 0 fully saturated rings. The summed E-state index contributed by atoms with van der Waals surface area (Å²) in [5.74, 6) is -1.24. The van der Waals surface area contributed by atoms with E-state index in [1.54, 1.807) is 61.5 Å². The zero-order chi connectivity index (χ0) is 34.0. The molecule has 0 saturated carbocycles. The summed E-state index contributed by atoms with van der Waals surface area (Å²) in [5.41, 5.74) is 2.01. The van der Waals surface area contributed by atoms with Gasteiger partial charge in [-0.1, -0.05) is 92.2 Å². The maximum absolute atomic E-state index is 15.1. The summed E-state index contributed by atoms with van der Waals surface area (Å²) in [7, 11) is -4.32. The molecule has 0 aliphatic carbocycles. The Morgan fingerprint density at radius 2 is 1.51 bits per heavy atom. The summed E-state index contributed by atoms with van der Waals surface area (Å²) in [5, 5.41) is 2.93. The highest BCUT2D eigenvalue weighted by molar-refractivity contribution is 7.92. The Morgan fingerprint density at radius 3 is 2.17 bits per heavy atom. The van der Waals surface area contributed by atoms with Gasteiger partial charge in [-0.25, -0.2) is 12.8 Å². The van der Waals surface area contributed by atoms with E-state index in [4.69, 9.17) is 4.74 Å². The summed E-state index contributed by atoms with van der Waals surface area (Å²) < 4.78 is 50.5. The summed E-state index contributed by atoms with van der Waals surface area (Å²) in [6.07, 6.45) is 0.130. The number of para-hydroxylation sites is 2. The molecular formula is C37H42FN3O5S. The number of ether oxygens (including phenoxy) is 1. The molecule has 0 unspecified atom stereocenters. The Bertz CT molecular complexity index is 1750. The Labute approximate surface area is 277 Å². The second-order valence-electron chi connectivity index (χ2n) is 11.7. The summed E-state index contributed by atoms with van der Waals surface area (Å²) in [6, 6.07) is 27.1. The number of aryl methyl sites for hydroxylation is 1. The van der Waals surface area contributed by atoms with Crippen molar-refractivity contribution < 1.29 is 27.1 Å². The molecule has 0 bridgehead atoms. The molecule has 0 radical (unpaired) electrons. The Hall–Kier alpha value is -4.70. The Kier molecular flexibility index (Phi) is 12.1. The highest BCUT2D eigenvalue weighted by atomic mass is 32.2. The molecule has 4 aromatic carbocycles. The van der Waals surface area contributed by atoms with Gasteiger partial charge in [0.2, 0.25) is 11.8 Å². The first-order valence-electron chi connectivity index (χ1n) is 15.7. The van der Waals surface area contributed by atoms with Crippen molar-refractivity contribution in [1.82, 2.24) is 10.2 Å². The lowest BCUT2D eigenvalue weighted by Crippen LogP contribution is -2.53. The van der Waals surface area contributed by atoms with Crippen LogP contribution >= 0.6 is 0 Å². The standard InChI is InChI=1S/C37H42FN3O5S/c1-5-46-35-18-12-11-17-33(35)41(47(44,45)31-21-19-28(4)20-22-31)26-36(42)40(25-30-15-9-10-16-32(30)38)34(37(43)39-24-27(2)3)23-29-13-7-6-8-14-29/h6-22,27,34H,5,23-26H2,1-4H3,(H,39,43)/t34-/m1/s1. The van der Waals surface area contributed by atoms with Crippen LogP contribution in [-0.2, 0) is 32.6 Å². The van der Waals surface area contributed by atoms with Gasteiger partial charge in [0, 0.05) is 25.1 Å². The smallest absolute Gasteiger partial charge is 0.264 e. The van der Waals surface area contributed by atoms with Gasteiger partial charge in [-0.05, 0) is 55.7 Å². The molecule has 1 N–H and O–H groups in total. The maximum Gasteiger partial charge on any atom is 0.264 e. The molecule has 10 heteroatoms. The number of amides is 2. The SMILES string of the molecule is CCOc1ccccc1N(CC(=O)N(Cc1ccccc1F)[C@H](Cc1ccccc1)C(=O)NCC(C)C)S(=O)(=O)c1ccc(C)cc1. The van der Waals surface area contributed by atoms with E-state index in [2.05, 4.69) is 5.32 Å². The van der Waals surface area contributed by atoms with Gasteiger partial charge < -0.3 is 15.0 Å². The molecule has 248 valence electrons. The molecule has 4 aromatic rings. The molecule has 0 aromatic heterocycles. The Morgan fingerprint density at radius 1 is 0.872 bits per heavy atom. The predicted octanol–water partition coefficient (Wildman–Crippen LogP) is 6.14. The van der Waals surface area contributed by atoms with Crippen LogP contribution in [0.25, 0.3) is 0 Å². The third kappa shape index (κ3) is 9.19. The zero-order valence-electron chi connectivity index (χ0n) is 27.2. The van der Waals surface area contributed by atoms with E-state index in [-0.39, 0.29) is 47.4 Å². The highest BCUT2D eigenvalue weighted by Gasteiger charge is 2.36. The first-order valence-corrected chi connectivity index (χ1v) is 17.1. The largest absolute Gasteiger partial charge is 0.492 e. The van der Waals surface area contributed by atoms with Crippen LogP contribution in [-0.4, -0.2) is 50.9 Å². The van der Waals surface area contributed by atoms with Crippen LogP contribution in [0.2, 0.25) is 0 Å². The molecule has 0 spiro atoms. The van der Waals surface area contributed by atoms with Crippen LogP contribution in [0, 0.1) is 18.7 Å². The van der Waals surface area contributed by atoms with E-state index in [0.717, 1.165) is 15.4 Å². The molecule has 8 nitrogen and oxygen atoms in total. The fourth-order valence-electron chi connectivity index (χ4n) is 5.08. The van der Waals surface area contributed by atoms with Crippen molar-refractivity contribution in [2.24, 2.45) is 5.92 Å². The fraction of sp³-hybridized carbons (Fsp3) is 0.297. The maximum atomic E-state index is 15.1. The minimum atomic E-state index is -4.32. The molecule has 0 heterocycles. The lowest BCUT2D eigenvalue weighted by atomic mass is 10.0. The van der Waals surface area contributed by atoms with Crippen molar-refractivity contribution in [3.05, 3.63) is 126 Å². The molecule has 0 aliphatic rings. The molecule has 0 aliphatic heterocycles. The van der Waals surface area contributed by atoms with Crippen molar-refractivity contribution >= 4 is 27.5 Å². The number of sulfonamides is 1. The summed E-state index contributed by atoms with van der Waals surface area (Å²) >= 11 is 0. The summed E-state index contributed by atoms with van der Waals surface area (Å²) in [6.45, 7) is 7.23. The molecule has 0 saturated heterocycles. The van der Waals surface area contributed by atoms with Crippen LogP contribution in [0.15, 0.2) is 108 Å². The zero-order valence-corrected chi connectivity index (χ0v) is 28.0. The van der Waals surface area contributed by atoms with Gasteiger partial charge in [-0.2, -0.15) is 0 Å². The quantitative estimate of drug-likeness (QED) is 0.166. The number of carbonyl (C=O) groups is 2. The third-order valence-electron chi connectivity index (χ3n) is 7.58. The molecule has 4 rings (SSSR count). The van der Waals surface area contributed by atoms with Crippen LogP contribution in [0.1, 0.15) is 37.5 Å². The monoisotopic (exact) mass is 659 g/mol. The topological polar surface area (TPSA) is 96.0 Å². The minimum absolute atomic E-state index is 0.0154. The van der Waals surface area contributed by atoms with Crippen molar-refractivity contribution in [1.29, 1.82) is 0 Å². The van der Waals surface area contributed by atoms with Crippen molar-refractivity contribution in [3.8, 4) is 5.75 Å². The highest BCUT2D eigenvalue weighted by Crippen LogP contribution is 2.33. The van der Waals surface area contributed by atoms with Gasteiger partial charge >= 0.3 is 0 Å². The van der Waals surface area contributed by atoms with Crippen LogP contribution in [0.3, 0.4) is 0 Å². The average Bonchev–Trinajstić information content (AvgIpc) is 3.06. The number of carbonyl (C=O) groups excluding carboxylic acids is 2. The first-order chi connectivity index (χ1) is 22.5. The van der Waals surface area contributed by atoms with Crippen molar-refractivity contribution in [2.45, 2.75) is 51.6 Å². The van der Waals surface area contributed by atoms with E-state index < -0.39 is 40.2 Å². The van der Waals surface area contributed by atoms with Gasteiger partial charge in [0.1, 0.15) is 24.2 Å². The normalized spacial score (nSPS) is 12.0. The second-order valence-corrected chi connectivity index (χ2v) is 13.5. The van der Waals surface area contributed by atoms with Gasteiger partial charge in [0.15, 0.2) is 0 Å². The first kappa shape index (κ1) is 35.2. The van der Waals surface area contributed by atoms with Crippen molar-refractivity contribution in [2.75, 3.05) is 24.0 Å².